The Morgan fingerprint density at radius 2 is 1.35 bits per heavy atom. The fourth-order valence-electron chi connectivity index (χ4n) is 4.18. The van der Waals surface area contributed by atoms with Gasteiger partial charge in [0.15, 0.2) is 0 Å². The molecule has 14 heteroatoms. The first-order valence-electron chi connectivity index (χ1n) is 12.9. The SMILES string of the molecule is Nc1cc(OC[C@@H](c2ccccc2)N(Nc2cc(OC[C@@H](N)c3ccccc3)ccc2[N+](=O)[O-])C(=O)O)ccc1[N+](=O)[O-]. The zero-order chi connectivity index (χ0) is 30.9. The number of hydrazine groups is 1. The van der Waals surface area contributed by atoms with E-state index >= 15 is 0 Å². The summed E-state index contributed by atoms with van der Waals surface area (Å²) in [5.41, 5.74) is 15.0. The van der Waals surface area contributed by atoms with Gasteiger partial charge in [-0.25, -0.2) is 9.80 Å². The highest BCUT2D eigenvalue weighted by Crippen LogP contribution is 2.33. The molecule has 0 heterocycles. The van der Waals surface area contributed by atoms with Gasteiger partial charge in [0.1, 0.15) is 42.1 Å². The summed E-state index contributed by atoms with van der Waals surface area (Å²) in [6.07, 6.45) is -1.47. The molecule has 4 aromatic carbocycles. The molecule has 43 heavy (non-hydrogen) atoms. The molecule has 222 valence electrons. The molecule has 1 amide bonds. The topological polar surface area (TPSA) is 209 Å². The third kappa shape index (κ3) is 7.65. The van der Waals surface area contributed by atoms with Crippen molar-refractivity contribution in [1.29, 1.82) is 0 Å². The van der Waals surface area contributed by atoms with Crippen LogP contribution >= 0.6 is 0 Å². The molecule has 2 atom stereocenters. The highest BCUT2D eigenvalue weighted by molar-refractivity contribution is 5.72. The van der Waals surface area contributed by atoms with E-state index in [4.69, 9.17) is 20.9 Å². The van der Waals surface area contributed by atoms with Crippen LogP contribution in [0.3, 0.4) is 0 Å². The number of nitrogens with two attached hydrogens (primary N) is 2. The number of carbonyl (C=O) groups is 1. The Morgan fingerprint density at radius 1 is 0.814 bits per heavy atom. The van der Waals surface area contributed by atoms with Crippen molar-refractivity contribution in [1.82, 2.24) is 5.01 Å². The number of nitrogens with one attached hydrogen (secondary N) is 1. The largest absolute Gasteiger partial charge is 0.492 e. The molecule has 0 aliphatic carbocycles. The Labute approximate surface area is 245 Å². The molecule has 0 aliphatic rings. The normalized spacial score (nSPS) is 12.0. The van der Waals surface area contributed by atoms with Gasteiger partial charge in [-0.3, -0.25) is 25.7 Å². The number of benzene rings is 4. The molecule has 0 spiro atoms. The molecule has 4 aromatic rings. The number of nitrogens with zero attached hydrogens (tertiary/aromatic N) is 3. The van der Waals surface area contributed by atoms with Crippen molar-refractivity contribution in [3.63, 3.8) is 0 Å². The first-order valence-corrected chi connectivity index (χ1v) is 12.9. The maximum absolute atomic E-state index is 12.5. The second kappa shape index (κ2) is 13.6. The molecule has 0 aliphatic heterocycles. The van der Waals surface area contributed by atoms with E-state index in [0.29, 0.717) is 5.56 Å². The van der Waals surface area contributed by atoms with E-state index in [9.17, 15) is 30.1 Å². The van der Waals surface area contributed by atoms with Crippen molar-refractivity contribution in [2.75, 3.05) is 24.4 Å². The Morgan fingerprint density at radius 3 is 1.91 bits per heavy atom. The average Bonchev–Trinajstić information content (AvgIpc) is 3.00. The quantitative estimate of drug-likeness (QED) is 0.0895. The molecule has 0 aromatic heterocycles. The summed E-state index contributed by atoms with van der Waals surface area (Å²) in [5, 5.41) is 33.9. The molecular weight excluding hydrogens is 560 g/mol. The van der Waals surface area contributed by atoms with E-state index in [1.807, 2.05) is 30.3 Å². The first-order chi connectivity index (χ1) is 20.6. The zero-order valence-electron chi connectivity index (χ0n) is 22.6. The lowest BCUT2D eigenvalue weighted by molar-refractivity contribution is -0.384. The number of nitrogen functional groups attached to an aromatic ring is 1. The van der Waals surface area contributed by atoms with Gasteiger partial charge >= 0.3 is 6.09 Å². The Hall–Kier alpha value is -5.89. The van der Waals surface area contributed by atoms with Crippen LogP contribution < -0.4 is 26.4 Å². The van der Waals surface area contributed by atoms with E-state index in [1.54, 1.807) is 30.3 Å². The number of ether oxygens (including phenoxy) is 2. The van der Waals surface area contributed by atoms with Gasteiger partial charge in [0.2, 0.25) is 0 Å². The van der Waals surface area contributed by atoms with Crippen molar-refractivity contribution in [2.24, 2.45) is 5.73 Å². The molecule has 0 saturated carbocycles. The van der Waals surface area contributed by atoms with Gasteiger partial charge in [0.05, 0.1) is 15.9 Å². The first kappa shape index (κ1) is 30.1. The standard InChI is InChI=1S/C29H28N6O8/c30-23-15-21(11-13-26(23)34(38)39)43-18-28(20-9-5-2-6-10-20)33(29(36)37)32-25-16-22(12-14-27(25)35(40)41)42-17-24(31)19-7-3-1-4-8-19/h1-16,24,28,32H,17-18,30-31H2,(H,36,37)/t24-,28+/m1/s1. The lowest BCUT2D eigenvalue weighted by Gasteiger charge is -2.30. The van der Waals surface area contributed by atoms with E-state index in [2.05, 4.69) is 5.43 Å². The molecule has 0 unspecified atom stereocenters. The van der Waals surface area contributed by atoms with Crippen LogP contribution in [0.4, 0.5) is 27.5 Å². The Kier molecular flexibility index (Phi) is 9.55. The number of carboxylic acid groups (broad SMARTS) is 1. The highest BCUT2D eigenvalue weighted by Gasteiger charge is 2.29. The van der Waals surface area contributed by atoms with Gasteiger partial charge < -0.3 is 26.0 Å². The van der Waals surface area contributed by atoms with Gasteiger partial charge in [-0.05, 0) is 23.3 Å². The maximum Gasteiger partial charge on any atom is 0.426 e. The van der Waals surface area contributed by atoms with E-state index in [-0.39, 0.29) is 41.8 Å². The summed E-state index contributed by atoms with van der Waals surface area (Å²) >= 11 is 0. The molecule has 0 saturated heterocycles. The monoisotopic (exact) mass is 588 g/mol. The van der Waals surface area contributed by atoms with Gasteiger partial charge in [-0.2, -0.15) is 0 Å². The molecule has 6 N–H and O–H groups in total. The van der Waals surface area contributed by atoms with Crippen LogP contribution in [0.5, 0.6) is 11.5 Å². The van der Waals surface area contributed by atoms with E-state index in [0.717, 1.165) is 10.6 Å². The minimum atomic E-state index is -1.47. The van der Waals surface area contributed by atoms with Crippen molar-refractivity contribution in [2.45, 2.75) is 12.1 Å². The molecule has 0 fully saturated rings. The number of hydrogen-bond donors (Lipinski definition) is 4. The Balaban J connectivity index is 1.61. The number of nitro benzene ring substituents is 2. The minimum Gasteiger partial charge on any atom is -0.492 e. The van der Waals surface area contributed by atoms with Crippen LogP contribution in [-0.4, -0.2) is 39.3 Å². The lowest BCUT2D eigenvalue weighted by atomic mass is 10.1. The van der Waals surface area contributed by atoms with E-state index in [1.165, 1.54) is 36.4 Å². The van der Waals surface area contributed by atoms with Crippen molar-refractivity contribution in [3.05, 3.63) is 128 Å². The molecular formula is C29H28N6O8. The summed E-state index contributed by atoms with van der Waals surface area (Å²) < 4.78 is 11.6. The molecule has 0 bridgehead atoms. The van der Waals surface area contributed by atoms with Gasteiger partial charge in [0, 0.05) is 24.3 Å². The molecule has 4 rings (SSSR count). The number of nitro groups is 2. The number of amides is 1. The van der Waals surface area contributed by atoms with Crippen molar-refractivity contribution < 1.29 is 29.2 Å². The fourth-order valence-corrected chi connectivity index (χ4v) is 4.18. The zero-order valence-corrected chi connectivity index (χ0v) is 22.6. The van der Waals surface area contributed by atoms with Crippen LogP contribution in [0.1, 0.15) is 23.2 Å². The van der Waals surface area contributed by atoms with Gasteiger partial charge in [0.25, 0.3) is 11.4 Å². The average molecular weight is 589 g/mol. The number of hydrogen-bond acceptors (Lipinski definition) is 10. The second-order valence-electron chi connectivity index (χ2n) is 9.24. The van der Waals surface area contributed by atoms with Crippen molar-refractivity contribution in [3.8, 4) is 11.5 Å². The summed E-state index contributed by atoms with van der Waals surface area (Å²) in [7, 11) is 0. The molecule has 14 nitrogen and oxygen atoms in total. The van der Waals surface area contributed by atoms with E-state index < -0.39 is 33.7 Å². The molecule has 0 radical (unpaired) electrons. The predicted molar refractivity (Wildman–Crippen MR) is 158 cm³/mol. The van der Waals surface area contributed by atoms with Crippen LogP contribution in [0.2, 0.25) is 0 Å². The number of anilines is 2. The Bertz CT molecular complexity index is 1590. The summed E-state index contributed by atoms with van der Waals surface area (Å²) in [6.45, 7) is -0.223. The summed E-state index contributed by atoms with van der Waals surface area (Å²) in [4.78, 5) is 34.2. The van der Waals surface area contributed by atoms with Crippen LogP contribution in [0.15, 0.2) is 97.1 Å². The maximum atomic E-state index is 12.5. The third-order valence-corrected chi connectivity index (χ3v) is 6.37. The fraction of sp³-hybridized carbons (Fsp3) is 0.138. The second-order valence-corrected chi connectivity index (χ2v) is 9.24. The summed E-state index contributed by atoms with van der Waals surface area (Å²) in [5.74, 6) is 0.379. The predicted octanol–water partition coefficient (Wildman–Crippen LogP) is 5.29. The van der Waals surface area contributed by atoms with Gasteiger partial charge in [-0.1, -0.05) is 60.7 Å². The lowest BCUT2D eigenvalue weighted by Crippen LogP contribution is -2.41. The smallest absolute Gasteiger partial charge is 0.426 e. The van der Waals surface area contributed by atoms with Crippen LogP contribution in [0.25, 0.3) is 0 Å². The van der Waals surface area contributed by atoms with Crippen molar-refractivity contribution >= 4 is 28.8 Å². The number of rotatable bonds is 13. The van der Waals surface area contributed by atoms with Crippen LogP contribution in [0, 0.1) is 20.2 Å². The minimum absolute atomic E-state index is 0.0583. The highest BCUT2D eigenvalue weighted by atomic mass is 16.6. The third-order valence-electron chi connectivity index (χ3n) is 6.37. The van der Waals surface area contributed by atoms with Crippen LogP contribution in [-0.2, 0) is 0 Å². The van der Waals surface area contributed by atoms with Gasteiger partial charge in [-0.15, -0.1) is 0 Å². The summed E-state index contributed by atoms with van der Waals surface area (Å²) in [6, 6.07) is 23.8.